The fraction of sp³-hybridized carbons (Fsp3) is 0.533. The topological polar surface area (TPSA) is 77.1 Å². The molecule has 0 aromatic heterocycles. The molecule has 116 valence electrons. The van der Waals surface area contributed by atoms with Crippen LogP contribution in [0.2, 0.25) is 0 Å². The lowest BCUT2D eigenvalue weighted by atomic mass is 10.0. The molecule has 1 aliphatic rings. The lowest BCUT2D eigenvalue weighted by Gasteiger charge is -2.32. The van der Waals surface area contributed by atoms with E-state index < -0.39 is 5.82 Å². The zero-order valence-electron chi connectivity index (χ0n) is 12.3. The minimum atomic E-state index is -0.424. The van der Waals surface area contributed by atoms with Gasteiger partial charge in [-0.1, -0.05) is 17.3 Å². The standard InChI is InChI=1S/C15H21FN2O3/c1-9-5-13(6-10(2)21-9)20-8-12-4-3-11(7-14(12)16)15(17)18-19/h3-4,7,9-10,13,19H,5-6,8H2,1-2H3,(H2,17,18). The van der Waals surface area contributed by atoms with Crippen molar-refractivity contribution < 1.29 is 19.1 Å². The first kappa shape index (κ1) is 15.7. The summed E-state index contributed by atoms with van der Waals surface area (Å²) < 4.78 is 25.4. The molecule has 0 bridgehead atoms. The average Bonchev–Trinajstić information content (AvgIpc) is 2.44. The summed E-state index contributed by atoms with van der Waals surface area (Å²) in [7, 11) is 0. The van der Waals surface area contributed by atoms with Crippen molar-refractivity contribution in [2.24, 2.45) is 10.9 Å². The summed E-state index contributed by atoms with van der Waals surface area (Å²) in [6, 6.07) is 4.43. The maximum atomic E-state index is 14.0. The van der Waals surface area contributed by atoms with Gasteiger partial charge in [0.15, 0.2) is 5.84 Å². The minimum absolute atomic E-state index is 0.0758. The highest BCUT2D eigenvalue weighted by molar-refractivity contribution is 5.97. The van der Waals surface area contributed by atoms with Crippen molar-refractivity contribution in [3.63, 3.8) is 0 Å². The Balaban J connectivity index is 1.97. The van der Waals surface area contributed by atoms with Crippen LogP contribution in [0.25, 0.3) is 0 Å². The van der Waals surface area contributed by atoms with Crippen LogP contribution in [0.4, 0.5) is 4.39 Å². The molecule has 0 amide bonds. The third kappa shape index (κ3) is 4.15. The van der Waals surface area contributed by atoms with Gasteiger partial charge in [-0.3, -0.25) is 0 Å². The molecule has 5 nitrogen and oxygen atoms in total. The van der Waals surface area contributed by atoms with E-state index in [4.69, 9.17) is 20.4 Å². The number of amidine groups is 1. The van der Waals surface area contributed by atoms with Gasteiger partial charge in [0.2, 0.25) is 0 Å². The predicted octanol–water partition coefficient (Wildman–Crippen LogP) is 2.39. The zero-order chi connectivity index (χ0) is 15.4. The minimum Gasteiger partial charge on any atom is -0.409 e. The Morgan fingerprint density at radius 1 is 1.43 bits per heavy atom. The predicted molar refractivity (Wildman–Crippen MR) is 76.7 cm³/mol. The van der Waals surface area contributed by atoms with E-state index in [0.29, 0.717) is 11.1 Å². The molecule has 0 spiro atoms. The summed E-state index contributed by atoms with van der Waals surface area (Å²) in [6.07, 6.45) is 2.02. The molecule has 0 saturated carbocycles. The molecule has 6 heteroatoms. The summed E-state index contributed by atoms with van der Waals surface area (Å²) in [5.74, 6) is -0.541. The van der Waals surface area contributed by atoms with Gasteiger partial charge in [0.1, 0.15) is 5.82 Å². The Kier molecular flexibility index (Phi) is 5.14. The highest BCUT2D eigenvalue weighted by Gasteiger charge is 2.25. The van der Waals surface area contributed by atoms with Crippen molar-refractivity contribution >= 4 is 5.84 Å². The van der Waals surface area contributed by atoms with E-state index in [1.54, 1.807) is 12.1 Å². The Morgan fingerprint density at radius 2 is 2.10 bits per heavy atom. The van der Waals surface area contributed by atoms with E-state index in [1.807, 2.05) is 13.8 Å². The Labute approximate surface area is 123 Å². The molecular weight excluding hydrogens is 275 g/mol. The van der Waals surface area contributed by atoms with E-state index in [-0.39, 0.29) is 30.8 Å². The normalized spacial score (nSPS) is 26.8. The average molecular weight is 296 g/mol. The molecule has 0 radical (unpaired) electrons. The number of hydrogen-bond donors (Lipinski definition) is 2. The third-order valence-corrected chi connectivity index (χ3v) is 3.59. The number of ether oxygens (including phenoxy) is 2. The van der Waals surface area contributed by atoms with Gasteiger partial charge in [0, 0.05) is 11.1 Å². The van der Waals surface area contributed by atoms with E-state index in [1.165, 1.54) is 6.07 Å². The second kappa shape index (κ2) is 6.87. The van der Waals surface area contributed by atoms with E-state index in [0.717, 1.165) is 12.8 Å². The van der Waals surface area contributed by atoms with Crippen molar-refractivity contribution in [1.82, 2.24) is 0 Å². The number of halogens is 1. The van der Waals surface area contributed by atoms with Crippen molar-refractivity contribution in [2.45, 2.75) is 51.6 Å². The smallest absolute Gasteiger partial charge is 0.170 e. The second-order valence-corrected chi connectivity index (χ2v) is 5.45. The molecule has 1 aliphatic heterocycles. The lowest BCUT2D eigenvalue weighted by Crippen LogP contribution is -2.34. The molecule has 21 heavy (non-hydrogen) atoms. The Morgan fingerprint density at radius 3 is 2.67 bits per heavy atom. The monoisotopic (exact) mass is 296 g/mol. The fourth-order valence-corrected chi connectivity index (χ4v) is 2.57. The second-order valence-electron chi connectivity index (χ2n) is 5.45. The summed E-state index contributed by atoms with van der Waals surface area (Å²) >= 11 is 0. The van der Waals surface area contributed by atoms with Gasteiger partial charge in [0.25, 0.3) is 0 Å². The van der Waals surface area contributed by atoms with Crippen molar-refractivity contribution in [3.8, 4) is 0 Å². The first-order valence-electron chi connectivity index (χ1n) is 7.03. The Bertz CT molecular complexity index is 512. The number of rotatable bonds is 4. The summed E-state index contributed by atoms with van der Waals surface area (Å²) in [6.45, 7) is 4.23. The van der Waals surface area contributed by atoms with E-state index in [9.17, 15) is 4.39 Å². The van der Waals surface area contributed by atoms with Crippen LogP contribution in [-0.4, -0.2) is 29.4 Å². The maximum Gasteiger partial charge on any atom is 0.170 e. The molecule has 3 N–H and O–H groups in total. The molecule has 2 rings (SSSR count). The largest absolute Gasteiger partial charge is 0.409 e. The fourth-order valence-electron chi connectivity index (χ4n) is 2.57. The SMILES string of the molecule is CC1CC(OCc2ccc(/C(N)=N/O)cc2F)CC(C)O1. The number of nitrogens with zero attached hydrogens (tertiary/aromatic N) is 1. The highest BCUT2D eigenvalue weighted by atomic mass is 19.1. The van der Waals surface area contributed by atoms with Crippen LogP contribution in [0.1, 0.15) is 37.8 Å². The summed E-state index contributed by atoms with van der Waals surface area (Å²) in [5, 5.41) is 11.4. The van der Waals surface area contributed by atoms with Gasteiger partial charge in [0.05, 0.1) is 24.9 Å². The lowest BCUT2D eigenvalue weighted by molar-refractivity contribution is -0.106. The van der Waals surface area contributed by atoms with Crippen LogP contribution in [0.3, 0.4) is 0 Å². The van der Waals surface area contributed by atoms with Crippen molar-refractivity contribution in [1.29, 1.82) is 0 Å². The van der Waals surface area contributed by atoms with Crippen LogP contribution in [-0.2, 0) is 16.1 Å². The molecular formula is C15H21FN2O3. The number of benzene rings is 1. The molecule has 1 saturated heterocycles. The van der Waals surface area contributed by atoms with Gasteiger partial charge >= 0.3 is 0 Å². The first-order chi connectivity index (χ1) is 9.99. The van der Waals surface area contributed by atoms with E-state index in [2.05, 4.69) is 5.16 Å². The van der Waals surface area contributed by atoms with E-state index >= 15 is 0 Å². The van der Waals surface area contributed by atoms with Crippen molar-refractivity contribution in [3.05, 3.63) is 35.1 Å². The molecule has 1 fully saturated rings. The van der Waals surface area contributed by atoms with Gasteiger partial charge < -0.3 is 20.4 Å². The van der Waals surface area contributed by atoms with Crippen LogP contribution in [0.5, 0.6) is 0 Å². The van der Waals surface area contributed by atoms with Crippen LogP contribution >= 0.6 is 0 Å². The molecule has 0 aliphatic carbocycles. The van der Waals surface area contributed by atoms with Gasteiger partial charge in [-0.05, 0) is 32.8 Å². The molecule has 2 atom stereocenters. The maximum absolute atomic E-state index is 14.0. The number of oxime groups is 1. The molecule has 1 heterocycles. The third-order valence-electron chi connectivity index (χ3n) is 3.59. The molecule has 1 aromatic rings. The van der Waals surface area contributed by atoms with Crippen LogP contribution < -0.4 is 5.73 Å². The molecule has 2 unspecified atom stereocenters. The quantitative estimate of drug-likeness (QED) is 0.387. The summed E-state index contributed by atoms with van der Waals surface area (Å²) in [4.78, 5) is 0. The number of nitrogens with two attached hydrogens (primary N) is 1. The Hall–Kier alpha value is -1.66. The van der Waals surface area contributed by atoms with Crippen molar-refractivity contribution in [2.75, 3.05) is 0 Å². The zero-order valence-corrected chi connectivity index (χ0v) is 12.3. The van der Waals surface area contributed by atoms with Gasteiger partial charge in [-0.15, -0.1) is 0 Å². The van der Waals surface area contributed by atoms with Gasteiger partial charge in [-0.2, -0.15) is 0 Å². The first-order valence-corrected chi connectivity index (χ1v) is 7.03. The van der Waals surface area contributed by atoms with Crippen LogP contribution in [0.15, 0.2) is 23.4 Å². The molecule has 1 aromatic carbocycles. The number of hydrogen-bond acceptors (Lipinski definition) is 4. The highest BCUT2D eigenvalue weighted by Crippen LogP contribution is 2.23. The summed E-state index contributed by atoms with van der Waals surface area (Å²) in [5.41, 5.74) is 6.22. The van der Waals surface area contributed by atoms with Crippen LogP contribution in [0, 0.1) is 5.82 Å². The van der Waals surface area contributed by atoms with Gasteiger partial charge in [-0.25, -0.2) is 4.39 Å².